The Morgan fingerprint density at radius 2 is 1.67 bits per heavy atom. The van der Waals surface area contributed by atoms with Gasteiger partial charge in [-0.15, -0.1) is 11.3 Å². The quantitative estimate of drug-likeness (QED) is 0.279. The average molecular weight is 490 g/mol. The molecule has 1 amide bonds. The second-order valence-corrected chi connectivity index (χ2v) is 9.49. The Bertz CT molecular complexity index is 1500. The van der Waals surface area contributed by atoms with E-state index in [1.807, 2.05) is 61.5 Å². The van der Waals surface area contributed by atoms with Crippen LogP contribution in [-0.4, -0.2) is 15.9 Å². The fourth-order valence-electron chi connectivity index (χ4n) is 3.68. The fourth-order valence-corrected chi connectivity index (χ4v) is 5.01. The Morgan fingerprint density at radius 1 is 0.909 bits per heavy atom. The zero-order chi connectivity index (χ0) is 22.9. The van der Waals surface area contributed by atoms with Gasteiger partial charge in [-0.1, -0.05) is 71.7 Å². The number of aryl methyl sites for hydroxylation is 1. The van der Waals surface area contributed by atoms with E-state index in [-0.39, 0.29) is 5.91 Å². The number of pyridine rings is 1. The number of para-hydroxylation sites is 1. The fraction of sp³-hybridized carbons (Fsp3) is 0.0385. The van der Waals surface area contributed by atoms with Crippen molar-refractivity contribution in [3.63, 3.8) is 0 Å². The standard InChI is InChI=1S/C26H17Cl2N3OS/c1-15-24(16-7-3-2-4-8-16)30-26(33-15)31-25(32)20-14-23(19-12-11-17(27)13-21(19)28)29-22-10-6-5-9-18(20)22/h2-14H,1H3,(H,30,31,32). The normalized spacial score (nSPS) is 11.0. The predicted octanol–water partition coefficient (Wildman–Crippen LogP) is 7.89. The van der Waals surface area contributed by atoms with Crippen LogP contribution < -0.4 is 5.32 Å². The van der Waals surface area contributed by atoms with Crippen LogP contribution in [0.1, 0.15) is 15.2 Å². The van der Waals surface area contributed by atoms with Gasteiger partial charge in [0.15, 0.2) is 5.13 Å². The van der Waals surface area contributed by atoms with Gasteiger partial charge in [0, 0.05) is 26.4 Å². The lowest BCUT2D eigenvalue weighted by Gasteiger charge is -2.11. The lowest BCUT2D eigenvalue weighted by atomic mass is 10.0. The van der Waals surface area contributed by atoms with Crippen LogP contribution in [0.25, 0.3) is 33.4 Å². The summed E-state index contributed by atoms with van der Waals surface area (Å²) in [7, 11) is 0. The van der Waals surface area contributed by atoms with Gasteiger partial charge in [0.2, 0.25) is 0 Å². The number of hydrogen-bond donors (Lipinski definition) is 1. The Balaban J connectivity index is 1.55. The zero-order valence-corrected chi connectivity index (χ0v) is 19.8. The van der Waals surface area contributed by atoms with Crippen LogP contribution >= 0.6 is 34.5 Å². The van der Waals surface area contributed by atoms with Gasteiger partial charge < -0.3 is 0 Å². The molecule has 33 heavy (non-hydrogen) atoms. The number of rotatable bonds is 4. The minimum atomic E-state index is -0.256. The number of halogens is 2. The van der Waals surface area contributed by atoms with Gasteiger partial charge in [0.05, 0.1) is 27.5 Å². The summed E-state index contributed by atoms with van der Waals surface area (Å²) in [4.78, 5) is 23.8. The number of aromatic nitrogens is 2. The average Bonchev–Trinajstić information content (AvgIpc) is 3.18. The molecule has 162 valence electrons. The first-order chi connectivity index (χ1) is 16.0. The third kappa shape index (κ3) is 4.35. The van der Waals surface area contributed by atoms with Crippen molar-refractivity contribution in [2.75, 3.05) is 5.32 Å². The molecule has 0 spiro atoms. The highest BCUT2D eigenvalue weighted by Crippen LogP contribution is 2.33. The summed E-state index contributed by atoms with van der Waals surface area (Å²) in [5.74, 6) is -0.256. The van der Waals surface area contributed by atoms with E-state index in [1.54, 1.807) is 24.3 Å². The van der Waals surface area contributed by atoms with E-state index in [0.29, 0.717) is 37.5 Å². The number of thiazole rings is 1. The van der Waals surface area contributed by atoms with Crippen LogP contribution in [0.3, 0.4) is 0 Å². The number of amides is 1. The minimum absolute atomic E-state index is 0.256. The molecule has 0 aliphatic carbocycles. The third-order valence-corrected chi connectivity index (χ3v) is 6.67. The van der Waals surface area contributed by atoms with E-state index in [2.05, 4.69) is 10.3 Å². The number of carbonyl (C=O) groups excluding carboxylic acids is 1. The molecule has 3 aromatic carbocycles. The van der Waals surface area contributed by atoms with E-state index in [9.17, 15) is 4.79 Å². The number of hydrogen-bond acceptors (Lipinski definition) is 4. The molecule has 0 fully saturated rings. The number of anilines is 1. The maximum absolute atomic E-state index is 13.4. The molecular weight excluding hydrogens is 473 g/mol. The third-order valence-electron chi connectivity index (χ3n) is 5.23. The van der Waals surface area contributed by atoms with Crippen molar-refractivity contribution in [3.05, 3.63) is 99.3 Å². The van der Waals surface area contributed by atoms with Crippen molar-refractivity contribution in [2.45, 2.75) is 6.92 Å². The molecule has 0 saturated heterocycles. The van der Waals surface area contributed by atoms with Crippen LogP contribution in [0.15, 0.2) is 78.9 Å². The van der Waals surface area contributed by atoms with Gasteiger partial charge in [0.1, 0.15) is 0 Å². The summed E-state index contributed by atoms with van der Waals surface area (Å²) >= 11 is 13.9. The van der Waals surface area contributed by atoms with E-state index in [1.165, 1.54) is 11.3 Å². The predicted molar refractivity (Wildman–Crippen MR) is 137 cm³/mol. The number of fused-ring (bicyclic) bond motifs is 1. The molecule has 2 heterocycles. The number of benzene rings is 3. The van der Waals surface area contributed by atoms with Gasteiger partial charge in [-0.25, -0.2) is 9.97 Å². The molecule has 5 aromatic rings. The lowest BCUT2D eigenvalue weighted by molar-refractivity contribution is 0.102. The molecule has 0 aliphatic rings. The largest absolute Gasteiger partial charge is 0.298 e. The van der Waals surface area contributed by atoms with Crippen LogP contribution in [0, 0.1) is 6.92 Å². The molecule has 0 unspecified atom stereocenters. The highest BCUT2D eigenvalue weighted by Gasteiger charge is 2.18. The van der Waals surface area contributed by atoms with Crippen molar-refractivity contribution < 1.29 is 4.79 Å². The first-order valence-corrected chi connectivity index (χ1v) is 11.8. The van der Waals surface area contributed by atoms with Crippen LogP contribution in [0.5, 0.6) is 0 Å². The molecule has 0 aliphatic heterocycles. The van der Waals surface area contributed by atoms with Crippen LogP contribution in [0.4, 0.5) is 5.13 Å². The smallest absolute Gasteiger partial charge is 0.258 e. The van der Waals surface area contributed by atoms with Crippen molar-refractivity contribution in [2.24, 2.45) is 0 Å². The van der Waals surface area contributed by atoms with E-state index in [0.717, 1.165) is 21.5 Å². The van der Waals surface area contributed by atoms with Gasteiger partial charge in [-0.3, -0.25) is 10.1 Å². The Hall–Kier alpha value is -3.25. The molecule has 0 radical (unpaired) electrons. The molecule has 0 saturated carbocycles. The number of carbonyl (C=O) groups is 1. The maximum atomic E-state index is 13.4. The Morgan fingerprint density at radius 3 is 2.45 bits per heavy atom. The summed E-state index contributed by atoms with van der Waals surface area (Å²) in [6.45, 7) is 2.00. The highest BCUT2D eigenvalue weighted by molar-refractivity contribution is 7.16. The van der Waals surface area contributed by atoms with Gasteiger partial charge in [-0.05, 0) is 37.3 Å². The maximum Gasteiger partial charge on any atom is 0.258 e. The van der Waals surface area contributed by atoms with Crippen molar-refractivity contribution in [3.8, 4) is 22.5 Å². The van der Waals surface area contributed by atoms with Crippen molar-refractivity contribution in [1.82, 2.24) is 9.97 Å². The Kier molecular flexibility index (Phi) is 5.85. The zero-order valence-electron chi connectivity index (χ0n) is 17.5. The summed E-state index contributed by atoms with van der Waals surface area (Å²) < 4.78 is 0. The number of nitrogens with zero attached hydrogens (tertiary/aromatic N) is 2. The highest BCUT2D eigenvalue weighted by atomic mass is 35.5. The second-order valence-electron chi connectivity index (χ2n) is 7.44. The second kappa shape index (κ2) is 8.94. The molecule has 0 atom stereocenters. The SMILES string of the molecule is Cc1sc(NC(=O)c2cc(-c3ccc(Cl)cc3Cl)nc3ccccc23)nc1-c1ccccc1. The molecule has 4 nitrogen and oxygen atoms in total. The summed E-state index contributed by atoms with van der Waals surface area (Å²) in [5, 5.41) is 5.28. The monoisotopic (exact) mass is 489 g/mol. The topological polar surface area (TPSA) is 54.9 Å². The van der Waals surface area contributed by atoms with E-state index < -0.39 is 0 Å². The number of nitrogens with one attached hydrogen (secondary N) is 1. The molecule has 5 rings (SSSR count). The van der Waals surface area contributed by atoms with Crippen molar-refractivity contribution in [1.29, 1.82) is 0 Å². The summed E-state index contributed by atoms with van der Waals surface area (Å²) in [6.07, 6.45) is 0. The molecule has 2 aromatic heterocycles. The van der Waals surface area contributed by atoms with Gasteiger partial charge >= 0.3 is 0 Å². The molecular formula is C26H17Cl2N3OS. The van der Waals surface area contributed by atoms with Crippen LogP contribution in [-0.2, 0) is 0 Å². The Labute approximate surface area is 204 Å². The summed E-state index contributed by atoms with van der Waals surface area (Å²) in [5.41, 5.74) is 4.38. The lowest BCUT2D eigenvalue weighted by Crippen LogP contribution is -2.13. The van der Waals surface area contributed by atoms with Gasteiger partial charge in [-0.2, -0.15) is 0 Å². The molecule has 1 N–H and O–H groups in total. The minimum Gasteiger partial charge on any atom is -0.298 e. The van der Waals surface area contributed by atoms with Crippen LogP contribution in [0.2, 0.25) is 10.0 Å². The van der Waals surface area contributed by atoms with E-state index in [4.69, 9.17) is 28.2 Å². The summed E-state index contributed by atoms with van der Waals surface area (Å²) in [6, 6.07) is 24.4. The van der Waals surface area contributed by atoms with Gasteiger partial charge in [0.25, 0.3) is 5.91 Å². The first-order valence-electron chi connectivity index (χ1n) is 10.2. The van der Waals surface area contributed by atoms with Crippen molar-refractivity contribution >= 4 is 56.5 Å². The van der Waals surface area contributed by atoms with E-state index >= 15 is 0 Å². The molecule has 7 heteroatoms. The first kappa shape index (κ1) is 21.6. The molecule has 0 bridgehead atoms.